The van der Waals surface area contributed by atoms with Gasteiger partial charge in [-0.1, -0.05) is 18.2 Å². The number of nitrogens with one attached hydrogen (secondary N) is 2. The van der Waals surface area contributed by atoms with Gasteiger partial charge in [-0.3, -0.25) is 14.5 Å². The standard InChI is InChI=1S/C19H25N3O3/c1-12(2)22-9-8-20-19(24)15(22)10-18(23)21-11-17-13(3)14-6-4-5-7-16(14)25-17/h4-7,12,15H,8-11H2,1-3H3,(H,20,24)(H,21,23). The molecule has 1 aromatic heterocycles. The number of rotatable bonds is 5. The lowest BCUT2D eigenvalue weighted by molar-refractivity contribution is -0.134. The fraction of sp³-hybridized carbons (Fsp3) is 0.474. The molecule has 25 heavy (non-hydrogen) atoms. The van der Waals surface area contributed by atoms with Crippen LogP contribution in [-0.2, 0) is 16.1 Å². The van der Waals surface area contributed by atoms with Crippen molar-refractivity contribution in [3.05, 3.63) is 35.6 Å². The first-order valence-electron chi connectivity index (χ1n) is 8.74. The van der Waals surface area contributed by atoms with Gasteiger partial charge in [0.05, 0.1) is 19.0 Å². The number of furan rings is 1. The summed E-state index contributed by atoms with van der Waals surface area (Å²) >= 11 is 0. The van der Waals surface area contributed by atoms with Crippen molar-refractivity contribution in [2.75, 3.05) is 13.1 Å². The second-order valence-electron chi connectivity index (χ2n) is 6.77. The summed E-state index contributed by atoms with van der Waals surface area (Å²) in [5.74, 6) is 0.533. The van der Waals surface area contributed by atoms with Crippen LogP contribution in [0, 0.1) is 6.92 Å². The van der Waals surface area contributed by atoms with Crippen LogP contribution in [0.1, 0.15) is 31.6 Å². The maximum absolute atomic E-state index is 12.4. The number of fused-ring (bicyclic) bond motifs is 1. The van der Waals surface area contributed by atoms with Gasteiger partial charge in [-0.15, -0.1) is 0 Å². The molecular formula is C19H25N3O3. The molecule has 1 aliphatic heterocycles. The molecule has 1 saturated heterocycles. The summed E-state index contributed by atoms with van der Waals surface area (Å²) in [7, 11) is 0. The molecule has 134 valence electrons. The molecule has 6 nitrogen and oxygen atoms in total. The average Bonchev–Trinajstić information content (AvgIpc) is 2.91. The molecule has 2 N–H and O–H groups in total. The van der Waals surface area contributed by atoms with Crippen molar-refractivity contribution in [2.45, 2.75) is 45.8 Å². The lowest BCUT2D eigenvalue weighted by Crippen LogP contribution is -2.58. The maximum Gasteiger partial charge on any atom is 0.237 e. The monoisotopic (exact) mass is 343 g/mol. The molecule has 2 amide bonds. The molecule has 2 aromatic rings. The predicted molar refractivity (Wildman–Crippen MR) is 96.1 cm³/mol. The van der Waals surface area contributed by atoms with Crippen LogP contribution in [-0.4, -0.2) is 41.9 Å². The van der Waals surface area contributed by atoms with Gasteiger partial charge in [0.1, 0.15) is 11.3 Å². The Kier molecular flexibility index (Phi) is 5.08. The first kappa shape index (κ1) is 17.5. The van der Waals surface area contributed by atoms with Crippen molar-refractivity contribution in [3.63, 3.8) is 0 Å². The molecule has 2 heterocycles. The molecule has 0 saturated carbocycles. The lowest BCUT2D eigenvalue weighted by Gasteiger charge is -2.37. The van der Waals surface area contributed by atoms with E-state index in [1.807, 2.05) is 45.0 Å². The Labute approximate surface area is 147 Å². The van der Waals surface area contributed by atoms with Gasteiger partial charge in [0.15, 0.2) is 0 Å². The van der Waals surface area contributed by atoms with Crippen molar-refractivity contribution in [1.29, 1.82) is 0 Å². The van der Waals surface area contributed by atoms with Crippen molar-refractivity contribution < 1.29 is 14.0 Å². The van der Waals surface area contributed by atoms with Gasteiger partial charge in [-0.05, 0) is 26.8 Å². The highest BCUT2D eigenvalue weighted by Crippen LogP contribution is 2.24. The van der Waals surface area contributed by atoms with Gasteiger partial charge < -0.3 is 15.1 Å². The first-order valence-corrected chi connectivity index (χ1v) is 8.74. The minimum Gasteiger partial charge on any atom is -0.459 e. The van der Waals surface area contributed by atoms with Crippen molar-refractivity contribution >= 4 is 22.8 Å². The molecule has 0 radical (unpaired) electrons. The molecule has 0 spiro atoms. The SMILES string of the molecule is Cc1c(CNC(=O)CC2C(=O)NCCN2C(C)C)oc2ccccc12. The lowest BCUT2D eigenvalue weighted by atomic mass is 10.1. The van der Waals surface area contributed by atoms with Crippen molar-refractivity contribution in [3.8, 4) is 0 Å². The van der Waals surface area contributed by atoms with Crippen LogP contribution >= 0.6 is 0 Å². The Balaban J connectivity index is 1.63. The number of carbonyl (C=O) groups is 2. The zero-order valence-electron chi connectivity index (χ0n) is 15.0. The van der Waals surface area contributed by atoms with E-state index in [-0.39, 0.29) is 24.3 Å². The Bertz CT molecular complexity index is 781. The van der Waals surface area contributed by atoms with E-state index in [0.717, 1.165) is 28.8 Å². The summed E-state index contributed by atoms with van der Waals surface area (Å²) in [6.07, 6.45) is 0.156. The number of hydrogen-bond donors (Lipinski definition) is 2. The first-order chi connectivity index (χ1) is 12.0. The highest BCUT2D eigenvalue weighted by molar-refractivity contribution is 5.89. The minimum atomic E-state index is -0.412. The van der Waals surface area contributed by atoms with Gasteiger partial charge >= 0.3 is 0 Å². The Morgan fingerprint density at radius 1 is 1.40 bits per heavy atom. The van der Waals surface area contributed by atoms with Gasteiger partial charge in [0, 0.05) is 30.1 Å². The highest BCUT2D eigenvalue weighted by atomic mass is 16.3. The van der Waals surface area contributed by atoms with E-state index in [4.69, 9.17) is 4.42 Å². The fourth-order valence-electron chi connectivity index (χ4n) is 3.38. The molecule has 1 fully saturated rings. The van der Waals surface area contributed by atoms with Crippen molar-refractivity contribution in [2.24, 2.45) is 0 Å². The second kappa shape index (κ2) is 7.27. The average molecular weight is 343 g/mol. The quantitative estimate of drug-likeness (QED) is 0.870. The molecule has 6 heteroatoms. The Morgan fingerprint density at radius 2 is 2.16 bits per heavy atom. The highest BCUT2D eigenvalue weighted by Gasteiger charge is 2.32. The third-order valence-corrected chi connectivity index (χ3v) is 4.80. The summed E-state index contributed by atoms with van der Waals surface area (Å²) in [5, 5.41) is 6.79. The molecule has 0 bridgehead atoms. The van der Waals surface area contributed by atoms with Gasteiger partial charge in [0.25, 0.3) is 0 Å². The van der Waals surface area contributed by atoms with Gasteiger partial charge in [-0.2, -0.15) is 0 Å². The Morgan fingerprint density at radius 3 is 2.88 bits per heavy atom. The molecule has 1 aliphatic rings. The largest absolute Gasteiger partial charge is 0.459 e. The van der Waals surface area contributed by atoms with Crippen LogP contribution in [0.5, 0.6) is 0 Å². The third-order valence-electron chi connectivity index (χ3n) is 4.80. The minimum absolute atomic E-state index is 0.0741. The summed E-state index contributed by atoms with van der Waals surface area (Å²) in [4.78, 5) is 26.6. The molecular weight excluding hydrogens is 318 g/mol. The smallest absolute Gasteiger partial charge is 0.237 e. The van der Waals surface area contributed by atoms with Crippen LogP contribution in [0.4, 0.5) is 0 Å². The number of benzene rings is 1. The summed E-state index contributed by atoms with van der Waals surface area (Å²) < 4.78 is 5.82. The van der Waals surface area contributed by atoms with E-state index in [2.05, 4.69) is 15.5 Å². The van der Waals surface area contributed by atoms with Gasteiger partial charge in [0.2, 0.25) is 11.8 Å². The number of carbonyl (C=O) groups excluding carboxylic acids is 2. The molecule has 0 aliphatic carbocycles. The molecule has 1 atom stereocenters. The molecule has 1 aromatic carbocycles. The van der Waals surface area contributed by atoms with Crippen LogP contribution in [0.15, 0.2) is 28.7 Å². The number of hydrogen-bond acceptors (Lipinski definition) is 4. The fourth-order valence-corrected chi connectivity index (χ4v) is 3.38. The van der Waals surface area contributed by atoms with E-state index < -0.39 is 6.04 Å². The second-order valence-corrected chi connectivity index (χ2v) is 6.77. The summed E-state index contributed by atoms with van der Waals surface area (Å²) in [6.45, 7) is 7.80. The van der Waals surface area contributed by atoms with E-state index >= 15 is 0 Å². The summed E-state index contributed by atoms with van der Waals surface area (Å²) in [5.41, 5.74) is 1.86. The van der Waals surface area contributed by atoms with Crippen LogP contribution in [0.3, 0.4) is 0 Å². The van der Waals surface area contributed by atoms with E-state index in [9.17, 15) is 9.59 Å². The van der Waals surface area contributed by atoms with Crippen LogP contribution < -0.4 is 10.6 Å². The van der Waals surface area contributed by atoms with Gasteiger partial charge in [-0.25, -0.2) is 0 Å². The number of nitrogens with zero attached hydrogens (tertiary/aromatic N) is 1. The van der Waals surface area contributed by atoms with E-state index in [1.54, 1.807) is 0 Å². The number of para-hydroxylation sites is 1. The zero-order chi connectivity index (χ0) is 18.0. The third kappa shape index (κ3) is 3.69. The normalized spacial score (nSPS) is 18.6. The number of aryl methyl sites for hydroxylation is 1. The number of piperazine rings is 1. The van der Waals surface area contributed by atoms with Crippen LogP contribution in [0.25, 0.3) is 11.0 Å². The zero-order valence-corrected chi connectivity index (χ0v) is 15.0. The Hall–Kier alpha value is -2.34. The number of amides is 2. The topological polar surface area (TPSA) is 74.6 Å². The van der Waals surface area contributed by atoms with E-state index in [0.29, 0.717) is 13.1 Å². The summed E-state index contributed by atoms with van der Waals surface area (Å²) in [6, 6.07) is 7.63. The van der Waals surface area contributed by atoms with Crippen LogP contribution in [0.2, 0.25) is 0 Å². The maximum atomic E-state index is 12.4. The molecule has 1 unspecified atom stereocenters. The predicted octanol–water partition coefficient (Wildman–Crippen LogP) is 1.96. The van der Waals surface area contributed by atoms with Crippen molar-refractivity contribution in [1.82, 2.24) is 15.5 Å². The molecule has 3 rings (SSSR count). The van der Waals surface area contributed by atoms with E-state index in [1.165, 1.54) is 0 Å².